The van der Waals surface area contributed by atoms with Crippen molar-refractivity contribution in [1.82, 2.24) is 9.55 Å². The lowest BCUT2D eigenvalue weighted by molar-refractivity contribution is -0.127. The number of aromatic nitrogens is 2. The van der Waals surface area contributed by atoms with Gasteiger partial charge in [0.15, 0.2) is 11.9 Å². The van der Waals surface area contributed by atoms with Gasteiger partial charge in [-0.25, -0.2) is 4.98 Å². The van der Waals surface area contributed by atoms with Gasteiger partial charge in [-0.15, -0.1) is 0 Å². The second-order valence-electron chi connectivity index (χ2n) is 2.62. The van der Waals surface area contributed by atoms with Crippen LogP contribution in [0.1, 0.15) is 25.3 Å². The summed E-state index contributed by atoms with van der Waals surface area (Å²) in [5.74, 6) is 0.200. The molecule has 1 heterocycles. The number of hydrogen-bond donors (Lipinski definition) is 1. The standard InChI is InChI=1S/C8H12N2O2/c1-3-6(11)7(12)8-9-4-5-10(8)2/h4-5,7,12H,3H2,1-2H3. The van der Waals surface area contributed by atoms with Crippen molar-refractivity contribution in [2.45, 2.75) is 19.4 Å². The molecule has 0 bridgehead atoms. The van der Waals surface area contributed by atoms with Crippen LogP contribution >= 0.6 is 0 Å². The van der Waals surface area contributed by atoms with Gasteiger partial charge in [-0.2, -0.15) is 0 Å². The van der Waals surface area contributed by atoms with Crippen molar-refractivity contribution in [1.29, 1.82) is 0 Å². The Labute approximate surface area is 70.9 Å². The third-order valence-corrected chi connectivity index (χ3v) is 1.76. The fourth-order valence-electron chi connectivity index (χ4n) is 0.978. The number of rotatable bonds is 3. The first kappa shape index (κ1) is 8.93. The third kappa shape index (κ3) is 1.53. The average molecular weight is 168 g/mol. The van der Waals surface area contributed by atoms with Crippen LogP contribution in [0.5, 0.6) is 0 Å². The molecular formula is C8H12N2O2. The fourth-order valence-corrected chi connectivity index (χ4v) is 0.978. The summed E-state index contributed by atoms with van der Waals surface area (Å²) in [7, 11) is 1.74. The Balaban J connectivity index is 2.84. The molecule has 1 aromatic heterocycles. The normalized spacial score (nSPS) is 12.9. The summed E-state index contributed by atoms with van der Waals surface area (Å²) in [6.45, 7) is 1.72. The molecule has 0 radical (unpaired) electrons. The number of carbonyl (C=O) groups is 1. The van der Waals surface area contributed by atoms with Gasteiger partial charge in [0.2, 0.25) is 0 Å². The Kier molecular flexibility index (Phi) is 2.60. The van der Waals surface area contributed by atoms with E-state index < -0.39 is 6.10 Å². The minimum atomic E-state index is -1.07. The Morgan fingerprint density at radius 1 is 1.83 bits per heavy atom. The number of ketones is 1. The van der Waals surface area contributed by atoms with Gasteiger partial charge in [-0.3, -0.25) is 4.79 Å². The lowest BCUT2D eigenvalue weighted by Crippen LogP contribution is -2.14. The van der Waals surface area contributed by atoms with Gasteiger partial charge in [0, 0.05) is 25.9 Å². The van der Waals surface area contributed by atoms with Crippen molar-refractivity contribution in [2.24, 2.45) is 7.05 Å². The minimum absolute atomic E-state index is 0.204. The molecule has 1 atom stereocenters. The second kappa shape index (κ2) is 3.49. The number of aryl methyl sites for hydroxylation is 1. The highest BCUT2D eigenvalue weighted by Gasteiger charge is 2.18. The van der Waals surface area contributed by atoms with Crippen LogP contribution in [0, 0.1) is 0 Å². The number of nitrogens with zero attached hydrogens (tertiary/aromatic N) is 2. The van der Waals surface area contributed by atoms with Gasteiger partial charge in [-0.1, -0.05) is 6.92 Å². The van der Waals surface area contributed by atoms with E-state index in [4.69, 9.17) is 0 Å². The number of imidazole rings is 1. The summed E-state index contributed by atoms with van der Waals surface area (Å²) in [4.78, 5) is 14.9. The molecule has 4 nitrogen and oxygen atoms in total. The first-order valence-electron chi connectivity index (χ1n) is 3.84. The first-order chi connectivity index (χ1) is 5.66. The highest BCUT2D eigenvalue weighted by Crippen LogP contribution is 2.11. The van der Waals surface area contributed by atoms with Crippen LogP contribution in [-0.2, 0) is 11.8 Å². The number of aliphatic hydroxyl groups is 1. The summed E-state index contributed by atoms with van der Waals surface area (Å²) in [6, 6.07) is 0. The molecule has 1 aromatic rings. The van der Waals surface area contributed by atoms with Crippen molar-refractivity contribution >= 4 is 5.78 Å². The number of Topliss-reactive ketones (excluding diaryl/α,β-unsaturated/α-hetero) is 1. The van der Waals surface area contributed by atoms with Gasteiger partial charge in [-0.05, 0) is 0 Å². The molecule has 0 spiro atoms. The monoisotopic (exact) mass is 168 g/mol. The summed E-state index contributed by atoms with van der Waals surface area (Å²) in [6.07, 6.45) is 2.51. The lowest BCUT2D eigenvalue weighted by atomic mass is 10.2. The second-order valence-corrected chi connectivity index (χ2v) is 2.62. The minimum Gasteiger partial charge on any atom is -0.377 e. The van der Waals surface area contributed by atoms with Crippen molar-refractivity contribution in [2.75, 3.05) is 0 Å². The molecule has 0 fully saturated rings. The largest absolute Gasteiger partial charge is 0.377 e. The van der Waals surface area contributed by atoms with Gasteiger partial charge in [0.05, 0.1) is 0 Å². The predicted octanol–water partition coefficient (Wildman–Crippen LogP) is 0.433. The molecule has 0 aromatic carbocycles. The fraction of sp³-hybridized carbons (Fsp3) is 0.500. The molecular weight excluding hydrogens is 156 g/mol. The van der Waals surface area contributed by atoms with E-state index in [9.17, 15) is 9.90 Å². The summed E-state index contributed by atoms with van der Waals surface area (Å²) < 4.78 is 1.64. The average Bonchev–Trinajstić information content (AvgIpc) is 2.48. The van der Waals surface area contributed by atoms with Crippen LogP contribution in [0.2, 0.25) is 0 Å². The quantitative estimate of drug-likeness (QED) is 0.712. The summed E-state index contributed by atoms with van der Waals surface area (Å²) in [5, 5.41) is 9.43. The molecule has 1 unspecified atom stereocenters. The molecule has 1 rings (SSSR count). The number of carbonyl (C=O) groups excluding carboxylic acids is 1. The van der Waals surface area contributed by atoms with Gasteiger partial charge >= 0.3 is 0 Å². The Bertz CT molecular complexity index is 280. The number of aliphatic hydroxyl groups excluding tert-OH is 1. The van der Waals surface area contributed by atoms with E-state index in [-0.39, 0.29) is 5.78 Å². The Hall–Kier alpha value is -1.16. The zero-order chi connectivity index (χ0) is 9.14. The highest BCUT2D eigenvalue weighted by atomic mass is 16.3. The Morgan fingerprint density at radius 2 is 2.50 bits per heavy atom. The molecule has 0 saturated carbocycles. The molecule has 66 valence electrons. The smallest absolute Gasteiger partial charge is 0.170 e. The predicted molar refractivity (Wildman–Crippen MR) is 43.5 cm³/mol. The van der Waals surface area contributed by atoms with Crippen LogP contribution in [0.4, 0.5) is 0 Å². The zero-order valence-electron chi connectivity index (χ0n) is 7.19. The van der Waals surface area contributed by atoms with Gasteiger partial charge in [0.25, 0.3) is 0 Å². The van der Waals surface area contributed by atoms with Crippen molar-refractivity contribution < 1.29 is 9.90 Å². The zero-order valence-corrected chi connectivity index (χ0v) is 7.19. The third-order valence-electron chi connectivity index (χ3n) is 1.76. The molecule has 1 N–H and O–H groups in total. The van der Waals surface area contributed by atoms with Crippen molar-refractivity contribution in [3.05, 3.63) is 18.2 Å². The van der Waals surface area contributed by atoms with E-state index in [0.29, 0.717) is 12.2 Å². The van der Waals surface area contributed by atoms with Crippen LogP contribution in [0.3, 0.4) is 0 Å². The highest BCUT2D eigenvalue weighted by molar-refractivity contribution is 5.82. The van der Waals surface area contributed by atoms with Crippen LogP contribution in [0.15, 0.2) is 12.4 Å². The topological polar surface area (TPSA) is 55.1 Å². The van der Waals surface area contributed by atoms with Crippen LogP contribution < -0.4 is 0 Å². The van der Waals surface area contributed by atoms with E-state index in [1.807, 2.05) is 0 Å². The lowest BCUT2D eigenvalue weighted by Gasteiger charge is -2.07. The molecule has 0 aliphatic rings. The van der Waals surface area contributed by atoms with E-state index >= 15 is 0 Å². The maximum Gasteiger partial charge on any atom is 0.170 e. The van der Waals surface area contributed by atoms with E-state index in [2.05, 4.69) is 4.98 Å². The molecule has 0 aliphatic carbocycles. The van der Waals surface area contributed by atoms with E-state index in [1.165, 1.54) is 0 Å². The summed E-state index contributed by atoms with van der Waals surface area (Å²) in [5.41, 5.74) is 0. The van der Waals surface area contributed by atoms with E-state index in [0.717, 1.165) is 0 Å². The molecule has 0 saturated heterocycles. The van der Waals surface area contributed by atoms with Crippen molar-refractivity contribution in [3.8, 4) is 0 Å². The van der Waals surface area contributed by atoms with Crippen molar-refractivity contribution in [3.63, 3.8) is 0 Å². The van der Waals surface area contributed by atoms with E-state index in [1.54, 1.807) is 30.9 Å². The van der Waals surface area contributed by atoms with Crippen LogP contribution in [0.25, 0.3) is 0 Å². The van der Waals surface area contributed by atoms with Gasteiger partial charge in [0.1, 0.15) is 5.82 Å². The maximum absolute atomic E-state index is 11.1. The SMILES string of the molecule is CCC(=O)C(O)c1nccn1C. The number of hydrogen-bond acceptors (Lipinski definition) is 3. The first-order valence-corrected chi connectivity index (χ1v) is 3.84. The molecule has 4 heteroatoms. The maximum atomic E-state index is 11.1. The van der Waals surface area contributed by atoms with Crippen LogP contribution in [-0.4, -0.2) is 20.4 Å². The molecule has 12 heavy (non-hydrogen) atoms. The molecule has 0 aliphatic heterocycles. The Morgan fingerprint density at radius 3 is 2.92 bits per heavy atom. The summed E-state index contributed by atoms with van der Waals surface area (Å²) >= 11 is 0. The van der Waals surface area contributed by atoms with Gasteiger partial charge < -0.3 is 9.67 Å². The molecule has 0 amide bonds.